The number of likely N-dealkylation sites (N-methyl/N-ethyl adjacent to an activating group) is 1. The van der Waals surface area contributed by atoms with Crippen molar-refractivity contribution in [1.29, 1.82) is 0 Å². The lowest BCUT2D eigenvalue weighted by atomic mass is 10.4. The maximum atomic E-state index is 12.1. The molecule has 5 nitrogen and oxygen atoms in total. The van der Waals surface area contributed by atoms with E-state index < -0.39 is 0 Å². The topological polar surface area (TPSA) is 48.5 Å². The fraction of sp³-hybridized carbons (Fsp3) is 0.714. The third-order valence-corrected chi connectivity index (χ3v) is 4.31. The predicted molar refractivity (Wildman–Crippen MR) is 83.0 cm³/mol. The summed E-state index contributed by atoms with van der Waals surface area (Å²) in [6.07, 6.45) is 5.30. The van der Waals surface area contributed by atoms with Crippen molar-refractivity contribution >= 4 is 22.4 Å². The van der Waals surface area contributed by atoms with E-state index in [0.29, 0.717) is 6.54 Å². The molecule has 0 saturated carbocycles. The molecule has 0 bridgehead atoms. The maximum absolute atomic E-state index is 12.1. The number of amides is 1. The van der Waals surface area contributed by atoms with Gasteiger partial charge in [0.1, 0.15) is 0 Å². The van der Waals surface area contributed by atoms with Gasteiger partial charge in [-0.2, -0.15) is 0 Å². The summed E-state index contributed by atoms with van der Waals surface area (Å²) in [5, 5.41) is 4.26. The number of hydrogen-bond acceptors (Lipinski definition) is 5. The first-order valence-electron chi connectivity index (χ1n) is 7.34. The Balaban J connectivity index is 1.77. The van der Waals surface area contributed by atoms with Crippen LogP contribution in [0, 0.1) is 0 Å². The van der Waals surface area contributed by atoms with Gasteiger partial charge in [-0.1, -0.05) is 6.92 Å². The Morgan fingerprint density at radius 1 is 1.50 bits per heavy atom. The summed E-state index contributed by atoms with van der Waals surface area (Å²) in [7, 11) is 1.99. The molecule has 0 spiro atoms. The molecule has 0 unspecified atom stereocenters. The van der Waals surface area contributed by atoms with Crippen LogP contribution in [-0.4, -0.2) is 53.9 Å². The van der Waals surface area contributed by atoms with E-state index in [1.807, 2.05) is 18.1 Å². The molecular weight excluding hydrogens is 272 g/mol. The number of nitrogens with zero attached hydrogens (tertiary/aromatic N) is 3. The minimum absolute atomic E-state index is 0.249. The lowest BCUT2D eigenvalue weighted by molar-refractivity contribution is -0.131. The SMILES string of the molecule is CCCNc1ncc(CN(C)CC(=O)N2CCCC2)s1. The Morgan fingerprint density at radius 3 is 2.95 bits per heavy atom. The molecule has 0 radical (unpaired) electrons. The van der Waals surface area contributed by atoms with Gasteiger partial charge < -0.3 is 10.2 Å². The van der Waals surface area contributed by atoms with Gasteiger partial charge in [0.2, 0.25) is 5.91 Å². The van der Waals surface area contributed by atoms with Crippen LogP contribution in [0.25, 0.3) is 0 Å². The lowest BCUT2D eigenvalue weighted by Crippen LogP contribution is -2.36. The number of likely N-dealkylation sites (tertiary alicyclic amines) is 1. The number of anilines is 1. The number of hydrogen-bond donors (Lipinski definition) is 1. The first-order valence-corrected chi connectivity index (χ1v) is 8.15. The number of rotatable bonds is 7. The molecule has 1 aliphatic rings. The quantitative estimate of drug-likeness (QED) is 0.836. The molecule has 2 rings (SSSR count). The highest BCUT2D eigenvalue weighted by atomic mass is 32.1. The first kappa shape index (κ1) is 15.3. The molecule has 112 valence electrons. The average molecular weight is 296 g/mol. The van der Waals surface area contributed by atoms with E-state index in [9.17, 15) is 4.79 Å². The van der Waals surface area contributed by atoms with Crippen LogP contribution >= 0.6 is 11.3 Å². The van der Waals surface area contributed by atoms with Crippen LogP contribution in [-0.2, 0) is 11.3 Å². The van der Waals surface area contributed by atoms with Crippen LogP contribution in [0.2, 0.25) is 0 Å². The molecular formula is C14H24N4OS. The lowest BCUT2D eigenvalue weighted by Gasteiger charge is -2.20. The molecule has 1 aromatic heterocycles. The van der Waals surface area contributed by atoms with Crippen molar-refractivity contribution in [2.45, 2.75) is 32.7 Å². The maximum Gasteiger partial charge on any atom is 0.236 e. The Hall–Kier alpha value is -1.14. The molecule has 1 N–H and O–H groups in total. The number of aromatic nitrogens is 1. The number of thiazole rings is 1. The molecule has 20 heavy (non-hydrogen) atoms. The summed E-state index contributed by atoms with van der Waals surface area (Å²) in [5.74, 6) is 0.249. The van der Waals surface area contributed by atoms with Crippen LogP contribution in [0.1, 0.15) is 31.1 Å². The molecule has 1 aromatic rings. The molecule has 1 saturated heterocycles. The largest absolute Gasteiger partial charge is 0.362 e. The molecule has 0 atom stereocenters. The van der Waals surface area contributed by atoms with Gasteiger partial charge in [-0.05, 0) is 26.3 Å². The Morgan fingerprint density at radius 2 is 2.25 bits per heavy atom. The van der Waals surface area contributed by atoms with Crippen LogP contribution < -0.4 is 5.32 Å². The van der Waals surface area contributed by atoms with Crippen molar-refractivity contribution in [1.82, 2.24) is 14.8 Å². The monoisotopic (exact) mass is 296 g/mol. The van der Waals surface area contributed by atoms with E-state index in [4.69, 9.17) is 0 Å². The van der Waals surface area contributed by atoms with E-state index in [1.54, 1.807) is 11.3 Å². The van der Waals surface area contributed by atoms with Gasteiger partial charge in [0.25, 0.3) is 0 Å². The summed E-state index contributed by atoms with van der Waals surface area (Å²) in [4.78, 5) is 21.6. The van der Waals surface area contributed by atoms with Gasteiger partial charge in [-0.25, -0.2) is 4.98 Å². The number of carbonyl (C=O) groups is 1. The second-order valence-electron chi connectivity index (χ2n) is 5.32. The van der Waals surface area contributed by atoms with Crippen molar-refractivity contribution < 1.29 is 4.79 Å². The van der Waals surface area contributed by atoms with E-state index in [-0.39, 0.29) is 5.91 Å². The zero-order chi connectivity index (χ0) is 14.4. The van der Waals surface area contributed by atoms with E-state index in [0.717, 1.165) is 50.6 Å². The van der Waals surface area contributed by atoms with Crippen molar-refractivity contribution in [3.05, 3.63) is 11.1 Å². The molecule has 1 fully saturated rings. The highest BCUT2D eigenvalue weighted by Gasteiger charge is 2.19. The van der Waals surface area contributed by atoms with Crippen LogP contribution in [0.5, 0.6) is 0 Å². The minimum atomic E-state index is 0.249. The van der Waals surface area contributed by atoms with Crippen molar-refractivity contribution in [3.8, 4) is 0 Å². The van der Waals surface area contributed by atoms with Crippen molar-refractivity contribution in [3.63, 3.8) is 0 Å². The van der Waals surface area contributed by atoms with Crippen molar-refractivity contribution in [2.24, 2.45) is 0 Å². The second kappa shape index (κ2) is 7.59. The van der Waals surface area contributed by atoms with Gasteiger partial charge in [-0.15, -0.1) is 11.3 Å². The normalized spacial score (nSPS) is 15.1. The number of carbonyl (C=O) groups excluding carboxylic acids is 1. The summed E-state index contributed by atoms with van der Waals surface area (Å²) >= 11 is 1.67. The van der Waals surface area contributed by atoms with E-state index in [1.165, 1.54) is 4.88 Å². The molecule has 0 aliphatic carbocycles. The third kappa shape index (κ3) is 4.45. The fourth-order valence-corrected chi connectivity index (χ4v) is 3.23. The summed E-state index contributed by atoms with van der Waals surface area (Å²) in [6.45, 7) is 6.23. The minimum Gasteiger partial charge on any atom is -0.362 e. The fourth-order valence-electron chi connectivity index (χ4n) is 2.31. The molecule has 2 heterocycles. The first-order chi connectivity index (χ1) is 9.69. The molecule has 1 amide bonds. The Bertz CT molecular complexity index is 429. The third-order valence-electron chi connectivity index (χ3n) is 3.37. The average Bonchev–Trinajstić information content (AvgIpc) is 3.07. The van der Waals surface area contributed by atoms with Gasteiger partial charge >= 0.3 is 0 Å². The zero-order valence-electron chi connectivity index (χ0n) is 12.4. The number of nitrogens with one attached hydrogen (secondary N) is 1. The van der Waals surface area contributed by atoms with Crippen LogP contribution in [0.4, 0.5) is 5.13 Å². The highest BCUT2D eigenvalue weighted by Crippen LogP contribution is 2.19. The van der Waals surface area contributed by atoms with Gasteiger partial charge in [0, 0.05) is 37.3 Å². The summed E-state index contributed by atoms with van der Waals surface area (Å²) < 4.78 is 0. The smallest absolute Gasteiger partial charge is 0.236 e. The standard InChI is InChI=1S/C14H24N4OS/c1-3-6-15-14-16-9-12(20-14)10-17(2)11-13(19)18-7-4-5-8-18/h9H,3-8,10-11H2,1-2H3,(H,15,16). The van der Waals surface area contributed by atoms with Gasteiger partial charge in [0.15, 0.2) is 5.13 Å². The van der Waals surface area contributed by atoms with Gasteiger partial charge in [-0.3, -0.25) is 9.69 Å². The predicted octanol–water partition coefficient (Wildman–Crippen LogP) is 2.02. The highest BCUT2D eigenvalue weighted by molar-refractivity contribution is 7.15. The van der Waals surface area contributed by atoms with Gasteiger partial charge in [0.05, 0.1) is 6.54 Å². The van der Waals surface area contributed by atoms with Crippen LogP contribution in [0.15, 0.2) is 6.20 Å². The summed E-state index contributed by atoms with van der Waals surface area (Å²) in [5.41, 5.74) is 0. The van der Waals surface area contributed by atoms with Crippen LogP contribution in [0.3, 0.4) is 0 Å². The van der Waals surface area contributed by atoms with E-state index in [2.05, 4.69) is 22.1 Å². The zero-order valence-corrected chi connectivity index (χ0v) is 13.2. The second-order valence-corrected chi connectivity index (χ2v) is 6.43. The summed E-state index contributed by atoms with van der Waals surface area (Å²) in [6, 6.07) is 0. The Kier molecular flexibility index (Phi) is 5.79. The Labute approximate surface area is 125 Å². The molecule has 1 aliphatic heterocycles. The van der Waals surface area contributed by atoms with E-state index >= 15 is 0 Å². The molecule has 0 aromatic carbocycles. The molecule has 6 heteroatoms. The van der Waals surface area contributed by atoms with Crippen molar-refractivity contribution in [2.75, 3.05) is 38.5 Å².